The summed E-state index contributed by atoms with van der Waals surface area (Å²) in [5, 5.41) is 6.09. The third-order valence-electron chi connectivity index (χ3n) is 5.38. The Balaban J connectivity index is 1.57. The summed E-state index contributed by atoms with van der Waals surface area (Å²) in [6.07, 6.45) is 8.33. The number of amides is 3. The van der Waals surface area contributed by atoms with Crippen LogP contribution >= 0.6 is 0 Å². The van der Waals surface area contributed by atoms with E-state index in [0.29, 0.717) is 6.54 Å². The summed E-state index contributed by atoms with van der Waals surface area (Å²) in [6.45, 7) is 2.76. The summed E-state index contributed by atoms with van der Waals surface area (Å²) in [7, 11) is 0. The lowest BCUT2D eigenvalue weighted by atomic mass is 9.96. The van der Waals surface area contributed by atoms with Crippen LogP contribution in [0.2, 0.25) is 0 Å². The molecule has 3 rings (SSSR count). The number of aryl methyl sites for hydroxylation is 1. The quantitative estimate of drug-likeness (QED) is 0.876. The molecule has 5 heteroatoms. The molecule has 1 saturated heterocycles. The van der Waals surface area contributed by atoms with E-state index in [1.165, 1.54) is 24.8 Å². The Hall–Kier alpha value is -2.04. The Morgan fingerprint density at radius 2 is 1.76 bits per heavy atom. The van der Waals surface area contributed by atoms with Gasteiger partial charge >= 0.3 is 6.03 Å². The van der Waals surface area contributed by atoms with Crippen LogP contribution < -0.4 is 10.6 Å². The van der Waals surface area contributed by atoms with E-state index in [4.69, 9.17) is 0 Å². The Labute approximate surface area is 150 Å². The molecule has 1 aromatic rings. The van der Waals surface area contributed by atoms with Gasteiger partial charge in [-0.2, -0.15) is 0 Å². The maximum atomic E-state index is 12.6. The first-order valence-electron chi connectivity index (χ1n) is 9.64. The minimum atomic E-state index is -0.366. The lowest BCUT2D eigenvalue weighted by Gasteiger charge is -2.29. The Kier molecular flexibility index (Phi) is 5.95. The molecule has 1 aliphatic carbocycles. The van der Waals surface area contributed by atoms with Gasteiger partial charge in [0.2, 0.25) is 5.91 Å². The van der Waals surface area contributed by atoms with Crippen LogP contribution in [0.4, 0.5) is 10.5 Å². The van der Waals surface area contributed by atoms with Gasteiger partial charge in [0.05, 0.1) is 0 Å². The van der Waals surface area contributed by atoms with Gasteiger partial charge in [-0.15, -0.1) is 0 Å². The van der Waals surface area contributed by atoms with E-state index in [9.17, 15) is 9.59 Å². The van der Waals surface area contributed by atoms with Crippen LogP contribution in [0.25, 0.3) is 0 Å². The van der Waals surface area contributed by atoms with E-state index < -0.39 is 0 Å². The molecule has 2 N–H and O–H groups in total. The zero-order valence-corrected chi connectivity index (χ0v) is 15.1. The first-order chi connectivity index (χ1) is 12.2. The molecule has 3 amide bonds. The number of likely N-dealkylation sites (tertiary alicyclic amines) is 1. The van der Waals surface area contributed by atoms with Crippen LogP contribution in [0.15, 0.2) is 24.3 Å². The van der Waals surface area contributed by atoms with Crippen molar-refractivity contribution in [3.63, 3.8) is 0 Å². The first kappa shape index (κ1) is 17.8. The second kappa shape index (κ2) is 8.37. The van der Waals surface area contributed by atoms with E-state index in [0.717, 1.165) is 37.8 Å². The molecule has 2 aliphatic rings. The fourth-order valence-corrected chi connectivity index (χ4v) is 3.84. The molecule has 1 heterocycles. The molecule has 1 aromatic carbocycles. The average molecular weight is 343 g/mol. The molecule has 0 spiro atoms. The fourth-order valence-electron chi connectivity index (χ4n) is 3.84. The predicted molar refractivity (Wildman–Crippen MR) is 99.6 cm³/mol. The molecule has 0 bridgehead atoms. The molecule has 2 fully saturated rings. The monoisotopic (exact) mass is 343 g/mol. The van der Waals surface area contributed by atoms with Crippen LogP contribution in [-0.2, 0) is 11.2 Å². The highest BCUT2D eigenvalue weighted by molar-refractivity contribution is 5.97. The first-order valence-corrected chi connectivity index (χ1v) is 9.64. The van der Waals surface area contributed by atoms with Crippen LogP contribution in [0, 0.1) is 0 Å². The summed E-state index contributed by atoms with van der Waals surface area (Å²) < 4.78 is 0. The second-order valence-electron chi connectivity index (χ2n) is 7.18. The minimum Gasteiger partial charge on any atom is -0.335 e. The van der Waals surface area contributed by atoms with Crippen molar-refractivity contribution in [1.82, 2.24) is 10.2 Å². The summed E-state index contributed by atoms with van der Waals surface area (Å²) in [5.41, 5.74) is 2.04. The lowest BCUT2D eigenvalue weighted by molar-refractivity contribution is -0.119. The molecule has 5 nitrogen and oxygen atoms in total. The van der Waals surface area contributed by atoms with Gasteiger partial charge in [-0.05, 0) is 49.8 Å². The van der Waals surface area contributed by atoms with Crippen molar-refractivity contribution < 1.29 is 9.59 Å². The topological polar surface area (TPSA) is 61.4 Å². The summed E-state index contributed by atoms with van der Waals surface area (Å²) in [6, 6.07) is 7.73. The number of hydrogen-bond acceptors (Lipinski definition) is 2. The Morgan fingerprint density at radius 3 is 2.44 bits per heavy atom. The molecule has 1 atom stereocenters. The van der Waals surface area contributed by atoms with Crippen LogP contribution in [0.1, 0.15) is 57.4 Å². The van der Waals surface area contributed by atoms with Gasteiger partial charge in [-0.25, -0.2) is 4.79 Å². The van der Waals surface area contributed by atoms with E-state index in [1.54, 1.807) is 4.90 Å². The number of urea groups is 1. The molecule has 1 aliphatic heterocycles. The van der Waals surface area contributed by atoms with Gasteiger partial charge in [0.1, 0.15) is 6.04 Å². The van der Waals surface area contributed by atoms with E-state index >= 15 is 0 Å². The van der Waals surface area contributed by atoms with Crippen LogP contribution in [0.5, 0.6) is 0 Å². The largest absolute Gasteiger partial charge is 0.335 e. The number of nitrogens with zero attached hydrogens (tertiary/aromatic N) is 1. The number of anilines is 1. The highest BCUT2D eigenvalue weighted by Gasteiger charge is 2.35. The van der Waals surface area contributed by atoms with Gasteiger partial charge in [0.15, 0.2) is 0 Å². The van der Waals surface area contributed by atoms with Gasteiger partial charge in [-0.1, -0.05) is 38.3 Å². The van der Waals surface area contributed by atoms with Gasteiger partial charge in [0, 0.05) is 18.3 Å². The van der Waals surface area contributed by atoms with Gasteiger partial charge < -0.3 is 15.5 Å². The number of nitrogens with one attached hydrogen (secondary N) is 2. The molecular weight excluding hydrogens is 314 g/mol. The normalized spacial score (nSPS) is 21.2. The number of rotatable bonds is 4. The Morgan fingerprint density at radius 1 is 1.04 bits per heavy atom. The Bertz CT molecular complexity index is 593. The van der Waals surface area contributed by atoms with E-state index in [1.807, 2.05) is 24.3 Å². The molecule has 0 unspecified atom stereocenters. The van der Waals surface area contributed by atoms with Crippen molar-refractivity contribution >= 4 is 17.6 Å². The zero-order valence-electron chi connectivity index (χ0n) is 15.1. The summed E-state index contributed by atoms with van der Waals surface area (Å²) in [4.78, 5) is 27.0. The number of hydrogen-bond donors (Lipinski definition) is 2. The van der Waals surface area contributed by atoms with Gasteiger partial charge in [-0.3, -0.25) is 4.79 Å². The van der Waals surface area contributed by atoms with Crippen molar-refractivity contribution in [2.24, 2.45) is 0 Å². The lowest BCUT2D eigenvalue weighted by Crippen LogP contribution is -2.50. The van der Waals surface area contributed by atoms with Crippen molar-refractivity contribution in [2.45, 2.75) is 70.4 Å². The smallest absolute Gasteiger partial charge is 0.318 e. The maximum Gasteiger partial charge on any atom is 0.318 e. The molecule has 1 saturated carbocycles. The second-order valence-corrected chi connectivity index (χ2v) is 7.18. The predicted octanol–water partition coefficient (Wildman–Crippen LogP) is 3.69. The van der Waals surface area contributed by atoms with E-state index in [2.05, 4.69) is 17.6 Å². The van der Waals surface area contributed by atoms with Crippen molar-refractivity contribution in [3.05, 3.63) is 29.8 Å². The molecular formula is C20H29N3O2. The summed E-state index contributed by atoms with van der Waals surface area (Å²) >= 11 is 0. The third-order valence-corrected chi connectivity index (χ3v) is 5.38. The zero-order chi connectivity index (χ0) is 17.6. The standard InChI is InChI=1S/C20H29N3O2/c1-2-15-10-12-17(13-11-15)21-19(24)18-9-6-14-23(18)20(25)22-16-7-4-3-5-8-16/h10-13,16,18H,2-9,14H2,1H3,(H,21,24)(H,22,25)/t18-/m1/s1. The van der Waals surface area contributed by atoms with Gasteiger partial charge in [0.25, 0.3) is 0 Å². The van der Waals surface area contributed by atoms with Crippen LogP contribution in [0.3, 0.4) is 0 Å². The van der Waals surface area contributed by atoms with Crippen molar-refractivity contribution in [2.75, 3.05) is 11.9 Å². The number of carbonyl (C=O) groups excluding carboxylic acids is 2. The minimum absolute atomic E-state index is 0.0779. The third kappa shape index (κ3) is 4.53. The SMILES string of the molecule is CCc1ccc(NC(=O)[C@H]2CCCN2C(=O)NC2CCCCC2)cc1. The molecule has 0 radical (unpaired) electrons. The van der Waals surface area contributed by atoms with Crippen LogP contribution in [-0.4, -0.2) is 35.5 Å². The van der Waals surface area contributed by atoms with Crippen molar-refractivity contribution in [3.8, 4) is 0 Å². The number of benzene rings is 1. The maximum absolute atomic E-state index is 12.6. The molecule has 25 heavy (non-hydrogen) atoms. The molecule has 0 aromatic heterocycles. The summed E-state index contributed by atoms with van der Waals surface area (Å²) in [5.74, 6) is -0.0828. The van der Waals surface area contributed by atoms with E-state index in [-0.39, 0.29) is 24.0 Å². The fraction of sp³-hybridized carbons (Fsp3) is 0.600. The number of carbonyl (C=O) groups is 2. The highest BCUT2D eigenvalue weighted by atomic mass is 16.2. The van der Waals surface area contributed by atoms with Crippen molar-refractivity contribution in [1.29, 1.82) is 0 Å². The molecule has 136 valence electrons. The average Bonchev–Trinajstić information content (AvgIpc) is 3.13. The highest BCUT2D eigenvalue weighted by Crippen LogP contribution is 2.22.